The number of nitrogens with zero attached hydrogens (tertiary/aromatic N) is 1. The predicted octanol–water partition coefficient (Wildman–Crippen LogP) is 2.88. The molecule has 0 radical (unpaired) electrons. The molecule has 2 aromatic rings. The van der Waals surface area contributed by atoms with Gasteiger partial charge in [0, 0.05) is 11.6 Å². The van der Waals surface area contributed by atoms with Gasteiger partial charge in [0.1, 0.15) is 17.2 Å². The lowest BCUT2D eigenvalue weighted by Crippen LogP contribution is -2.19. The molecule has 0 aliphatic rings. The number of nitrogens with one attached hydrogen (secondary N) is 1. The van der Waals surface area contributed by atoms with E-state index in [2.05, 4.69) is 10.5 Å². The van der Waals surface area contributed by atoms with Crippen molar-refractivity contribution in [3.63, 3.8) is 0 Å². The van der Waals surface area contributed by atoms with Crippen molar-refractivity contribution in [3.8, 4) is 17.2 Å². The Morgan fingerprint density at radius 1 is 1.12 bits per heavy atom. The number of ether oxygens (including phenoxy) is 2. The van der Waals surface area contributed by atoms with E-state index in [9.17, 15) is 9.90 Å². The standard InChI is InChI=1S/C19H22N2O4/c1-3-24-17-10-7-15(18(12-17)25-4-2)13-20-21-19(23)11-14-5-8-16(22)9-6-14/h5-10,12-13,22H,3-4,11H2,1-2H3,(H,21,23)/b20-13-. The van der Waals surface area contributed by atoms with E-state index >= 15 is 0 Å². The normalized spacial score (nSPS) is 10.6. The minimum absolute atomic E-state index is 0.168. The van der Waals surface area contributed by atoms with E-state index in [1.165, 1.54) is 6.21 Å². The summed E-state index contributed by atoms with van der Waals surface area (Å²) < 4.78 is 11.0. The number of carbonyl (C=O) groups is 1. The Labute approximate surface area is 147 Å². The lowest BCUT2D eigenvalue weighted by atomic mass is 10.1. The molecule has 0 heterocycles. The van der Waals surface area contributed by atoms with Gasteiger partial charge >= 0.3 is 0 Å². The summed E-state index contributed by atoms with van der Waals surface area (Å²) in [6, 6.07) is 11.9. The second kappa shape index (κ2) is 9.32. The Kier molecular flexibility index (Phi) is 6.83. The smallest absolute Gasteiger partial charge is 0.244 e. The van der Waals surface area contributed by atoms with Crippen LogP contribution in [-0.2, 0) is 11.2 Å². The fourth-order valence-corrected chi connectivity index (χ4v) is 2.17. The van der Waals surface area contributed by atoms with Crippen LogP contribution < -0.4 is 14.9 Å². The van der Waals surface area contributed by atoms with Gasteiger partial charge in [-0.3, -0.25) is 4.79 Å². The van der Waals surface area contributed by atoms with Crippen LogP contribution in [-0.4, -0.2) is 30.4 Å². The largest absolute Gasteiger partial charge is 0.508 e. The Hall–Kier alpha value is -3.02. The molecule has 0 saturated carbocycles. The number of hydrazone groups is 1. The summed E-state index contributed by atoms with van der Waals surface area (Å²) in [4.78, 5) is 11.9. The highest BCUT2D eigenvalue weighted by molar-refractivity contribution is 5.86. The molecule has 0 atom stereocenters. The third kappa shape index (κ3) is 5.84. The lowest BCUT2D eigenvalue weighted by molar-refractivity contribution is -0.120. The van der Waals surface area contributed by atoms with Crippen LogP contribution in [0.5, 0.6) is 17.2 Å². The quantitative estimate of drug-likeness (QED) is 0.571. The Morgan fingerprint density at radius 2 is 1.84 bits per heavy atom. The molecule has 0 saturated heterocycles. The third-order valence-corrected chi connectivity index (χ3v) is 3.29. The number of benzene rings is 2. The second-order valence-electron chi connectivity index (χ2n) is 5.20. The van der Waals surface area contributed by atoms with Crippen LogP contribution in [0.3, 0.4) is 0 Å². The van der Waals surface area contributed by atoms with Crippen LogP contribution in [0.2, 0.25) is 0 Å². The van der Waals surface area contributed by atoms with E-state index in [1.807, 2.05) is 26.0 Å². The SMILES string of the molecule is CCOc1ccc(/C=N\NC(=O)Cc2ccc(O)cc2)c(OCC)c1. The number of hydrogen-bond donors (Lipinski definition) is 2. The number of aromatic hydroxyl groups is 1. The van der Waals surface area contributed by atoms with Gasteiger partial charge in [0.05, 0.1) is 25.8 Å². The number of amides is 1. The lowest BCUT2D eigenvalue weighted by Gasteiger charge is -2.10. The van der Waals surface area contributed by atoms with Crippen molar-refractivity contribution in [2.24, 2.45) is 5.10 Å². The fraction of sp³-hybridized carbons (Fsp3) is 0.263. The Balaban J connectivity index is 1.98. The average molecular weight is 342 g/mol. The summed E-state index contributed by atoms with van der Waals surface area (Å²) in [5.74, 6) is 1.29. The van der Waals surface area contributed by atoms with Crippen LogP contribution in [0.15, 0.2) is 47.6 Å². The van der Waals surface area contributed by atoms with E-state index < -0.39 is 0 Å². The number of rotatable bonds is 8. The van der Waals surface area contributed by atoms with Gasteiger partial charge in [-0.25, -0.2) is 5.43 Å². The first kappa shape index (κ1) is 18.3. The van der Waals surface area contributed by atoms with Crippen molar-refractivity contribution >= 4 is 12.1 Å². The number of hydrogen-bond acceptors (Lipinski definition) is 5. The molecule has 132 valence electrons. The van der Waals surface area contributed by atoms with Gasteiger partial charge in [0.15, 0.2) is 0 Å². The van der Waals surface area contributed by atoms with Crippen LogP contribution in [0.4, 0.5) is 0 Å². The highest BCUT2D eigenvalue weighted by Gasteiger charge is 2.05. The first-order chi connectivity index (χ1) is 12.1. The molecule has 6 nitrogen and oxygen atoms in total. The van der Waals surface area contributed by atoms with E-state index in [0.717, 1.165) is 16.9 Å². The maximum absolute atomic E-state index is 11.9. The van der Waals surface area contributed by atoms with Gasteiger partial charge in [0.25, 0.3) is 0 Å². The van der Waals surface area contributed by atoms with E-state index in [4.69, 9.17) is 9.47 Å². The molecule has 0 aliphatic heterocycles. The van der Waals surface area contributed by atoms with Crippen LogP contribution in [0.25, 0.3) is 0 Å². The van der Waals surface area contributed by atoms with Gasteiger partial charge in [-0.05, 0) is 43.7 Å². The van der Waals surface area contributed by atoms with Crippen molar-refractivity contribution < 1.29 is 19.4 Å². The molecule has 0 unspecified atom stereocenters. The van der Waals surface area contributed by atoms with Crippen molar-refractivity contribution in [2.45, 2.75) is 20.3 Å². The molecule has 0 spiro atoms. The third-order valence-electron chi connectivity index (χ3n) is 3.29. The van der Waals surface area contributed by atoms with E-state index in [-0.39, 0.29) is 18.1 Å². The summed E-state index contributed by atoms with van der Waals surface area (Å²) >= 11 is 0. The zero-order chi connectivity index (χ0) is 18.1. The van der Waals surface area contributed by atoms with Gasteiger partial charge in [-0.15, -0.1) is 0 Å². The number of phenolic OH excluding ortho intramolecular Hbond substituents is 1. The molecule has 2 aromatic carbocycles. The molecule has 0 aromatic heterocycles. The minimum Gasteiger partial charge on any atom is -0.508 e. The predicted molar refractivity (Wildman–Crippen MR) is 96.3 cm³/mol. The van der Waals surface area contributed by atoms with Crippen LogP contribution in [0, 0.1) is 0 Å². The van der Waals surface area contributed by atoms with Crippen molar-refractivity contribution in [3.05, 3.63) is 53.6 Å². The fourth-order valence-electron chi connectivity index (χ4n) is 2.17. The van der Waals surface area contributed by atoms with Gasteiger partial charge < -0.3 is 14.6 Å². The highest BCUT2D eigenvalue weighted by Crippen LogP contribution is 2.23. The highest BCUT2D eigenvalue weighted by atomic mass is 16.5. The first-order valence-electron chi connectivity index (χ1n) is 8.11. The van der Waals surface area contributed by atoms with Crippen LogP contribution in [0.1, 0.15) is 25.0 Å². The molecule has 0 aliphatic carbocycles. The zero-order valence-corrected chi connectivity index (χ0v) is 14.4. The summed E-state index contributed by atoms with van der Waals surface area (Å²) in [6.45, 7) is 4.91. The number of carbonyl (C=O) groups excluding carboxylic acids is 1. The molecular formula is C19H22N2O4. The molecular weight excluding hydrogens is 320 g/mol. The van der Waals surface area contributed by atoms with Crippen LogP contribution >= 0.6 is 0 Å². The molecule has 6 heteroatoms. The maximum atomic E-state index is 11.9. The van der Waals surface area contributed by atoms with Gasteiger partial charge in [0.2, 0.25) is 5.91 Å². The zero-order valence-electron chi connectivity index (χ0n) is 14.4. The summed E-state index contributed by atoms with van der Waals surface area (Å²) in [6.07, 6.45) is 1.72. The summed E-state index contributed by atoms with van der Waals surface area (Å²) in [5.41, 5.74) is 4.02. The van der Waals surface area contributed by atoms with Gasteiger partial charge in [-0.1, -0.05) is 12.1 Å². The van der Waals surface area contributed by atoms with E-state index in [1.54, 1.807) is 30.3 Å². The Bertz CT molecular complexity index is 727. The van der Waals surface area contributed by atoms with Crippen molar-refractivity contribution in [1.82, 2.24) is 5.43 Å². The molecule has 1 amide bonds. The molecule has 2 N–H and O–H groups in total. The van der Waals surface area contributed by atoms with E-state index in [0.29, 0.717) is 19.0 Å². The van der Waals surface area contributed by atoms with Crippen molar-refractivity contribution in [1.29, 1.82) is 0 Å². The number of phenols is 1. The minimum atomic E-state index is -0.245. The monoisotopic (exact) mass is 342 g/mol. The maximum Gasteiger partial charge on any atom is 0.244 e. The Morgan fingerprint density at radius 3 is 2.52 bits per heavy atom. The first-order valence-corrected chi connectivity index (χ1v) is 8.11. The molecule has 25 heavy (non-hydrogen) atoms. The van der Waals surface area contributed by atoms with Gasteiger partial charge in [-0.2, -0.15) is 5.10 Å². The molecule has 0 bridgehead atoms. The molecule has 2 rings (SSSR count). The van der Waals surface area contributed by atoms with Crippen molar-refractivity contribution in [2.75, 3.05) is 13.2 Å². The summed E-state index contributed by atoms with van der Waals surface area (Å²) in [7, 11) is 0. The average Bonchev–Trinajstić information content (AvgIpc) is 2.59. The topological polar surface area (TPSA) is 80.2 Å². The molecule has 0 fully saturated rings. The summed E-state index contributed by atoms with van der Waals surface area (Å²) in [5, 5.41) is 13.2. The second-order valence-corrected chi connectivity index (χ2v) is 5.20.